The molecule has 2 heteroatoms. The van der Waals surface area contributed by atoms with E-state index < -0.39 is 0 Å². The highest BCUT2D eigenvalue weighted by Crippen LogP contribution is 2.29. The zero-order chi connectivity index (χ0) is 13.8. The summed E-state index contributed by atoms with van der Waals surface area (Å²) in [5.74, 6) is 1.21. The summed E-state index contributed by atoms with van der Waals surface area (Å²) >= 11 is 0. The van der Waals surface area contributed by atoms with Crippen molar-refractivity contribution in [2.75, 3.05) is 0 Å². The summed E-state index contributed by atoms with van der Waals surface area (Å²) in [6, 6.07) is 6.68. The number of aromatic hydroxyl groups is 1. The molecule has 106 valence electrons. The molecule has 0 aromatic heterocycles. The van der Waals surface area contributed by atoms with Crippen LogP contribution in [0.1, 0.15) is 63.1 Å². The fourth-order valence-electron chi connectivity index (χ4n) is 3.27. The second-order valence-electron chi connectivity index (χ2n) is 6.14. The summed E-state index contributed by atoms with van der Waals surface area (Å²) in [5.41, 5.74) is 2.11. The van der Waals surface area contributed by atoms with Crippen LogP contribution < -0.4 is 5.32 Å². The van der Waals surface area contributed by atoms with E-state index in [1.165, 1.54) is 32.1 Å². The number of hydrogen-bond acceptors (Lipinski definition) is 2. The Morgan fingerprint density at radius 2 is 1.84 bits per heavy atom. The Balaban J connectivity index is 1.97. The molecule has 0 radical (unpaired) electrons. The van der Waals surface area contributed by atoms with Crippen molar-refractivity contribution in [1.82, 2.24) is 5.32 Å². The average Bonchev–Trinajstić information content (AvgIpc) is 2.39. The summed E-state index contributed by atoms with van der Waals surface area (Å²) in [7, 11) is 0. The topological polar surface area (TPSA) is 32.3 Å². The van der Waals surface area contributed by atoms with Crippen LogP contribution in [0.25, 0.3) is 0 Å². The van der Waals surface area contributed by atoms with E-state index in [0.29, 0.717) is 11.8 Å². The lowest BCUT2D eigenvalue weighted by atomic mass is 9.84. The fourth-order valence-corrected chi connectivity index (χ4v) is 3.27. The van der Waals surface area contributed by atoms with Crippen molar-refractivity contribution in [3.05, 3.63) is 29.3 Å². The van der Waals surface area contributed by atoms with Crippen LogP contribution in [0.4, 0.5) is 0 Å². The van der Waals surface area contributed by atoms with Crippen LogP contribution in [0.2, 0.25) is 0 Å². The quantitative estimate of drug-likeness (QED) is 0.846. The molecule has 2 atom stereocenters. The normalized spacial score (nSPS) is 20.2. The van der Waals surface area contributed by atoms with Gasteiger partial charge in [0.05, 0.1) is 0 Å². The van der Waals surface area contributed by atoms with E-state index in [0.717, 1.165) is 17.0 Å². The van der Waals surface area contributed by atoms with Gasteiger partial charge in [-0.25, -0.2) is 0 Å². The Bertz CT molecular complexity index is 410. The van der Waals surface area contributed by atoms with Crippen molar-refractivity contribution in [3.63, 3.8) is 0 Å². The largest absolute Gasteiger partial charge is 0.508 e. The summed E-state index contributed by atoms with van der Waals surface area (Å²) in [4.78, 5) is 0. The molecule has 2 rings (SSSR count). The maximum Gasteiger partial charge on any atom is 0.120 e. The molecule has 2 unspecified atom stereocenters. The molecule has 0 amide bonds. The number of nitrogens with one attached hydrogen (secondary N) is 1. The molecule has 1 aliphatic carbocycles. The molecular weight excluding hydrogens is 234 g/mol. The summed E-state index contributed by atoms with van der Waals surface area (Å²) in [6.45, 7) is 6.44. The summed E-state index contributed by atoms with van der Waals surface area (Å²) in [6.07, 6.45) is 6.85. The molecular formula is C17H27NO. The number of rotatable bonds is 4. The van der Waals surface area contributed by atoms with Crippen LogP contribution in [0.3, 0.4) is 0 Å². The van der Waals surface area contributed by atoms with E-state index in [9.17, 15) is 5.11 Å². The lowest BCUT2D eigenvalue weighted by Gasteiger charge is -2.31. The fraction of sp³-hybridized carbons (Fsp3) is 0.647. The van der Waals surface area contributed by atoms with Gasteiger partial charge in [-0.15, -0.1) is 0 Å². The first-order chi connectivity index (χ1) is 9.08. The number of benzene rings is 1. The molecule has 1 aromatic rings. The van der Waals surface area contributed by atoms with Crippen molar-refractivity contribution in [3.8, 4) is 5.75 Å². The van der Waals surface area contributed by atoms with Gasteiger partial charge in [0.15, 0.2) is 0 Å². The standard InChI is InChI=1S/C17H27NO/c1-12-9-10-16(17(19)11-12)14(3)18-13(2)15-7-5-4-6-8-15/h9-11,13-15,18-19H,4-8H2,1-3H3. The molecule has 19 heavy (non-hydrogen) atoms. The van der Waals surface area contributed by atoms with Crippen molar-refractivity contribution in [2.24, 2.45) is 5.92 Å². The second-order valence-corrected chi connectivity index (χ2v) is 6.14. The van der Waals surface area contributed by atoms with Gasteiger partial charge >= 0.3 is 0 Å². The van der Waals surface area contributed by atoms with Gasteiger partial charge in [0, 0.05) is 17.6 Å². The van der Waals surface area contributed by atoms with E-state index >= 15 is 0 Å². The Labute approximate surface area is 117 Å². The van der Waals surface area contributed by atoms with Crippen molar-refractivity contribution in [1.29, 1.82) is 0 Å². The van der Waals surface area contributed by atoms with E-state index in [1.54, 1.807) is 0 Å². The predicted molar refractivity (Wildman–Crippen MR) is 80.4 cm³/mol. The number of phenols is 1. The summed E-state index contributed by atoms with van der Waals surface area (Å²) in [5, 5.41) is 13.7. The molecule has 0 heterocycles. The molecule has 0 saturated heterocycles. The second kappa shape index (κ2) is 6.42. The van der Waals surface area contributed by atoms with Gasteiger partial charge in [0.25, 0.3) is 0 Å². The number of phenolic OH excluding ortho intramolecular Hbond substituents is 1. The van der Waals surface area contributed by atoms with Gasteiger partial charge < -0.3 is 10.4 Å². The van der Waals surface area contributed by atoms with E-state index in [1.807, 2.05) is 19.1 Å². The average molecular weight is 261 g/mol. The Hall–Kier alpha value is -1.02. The predicted octanol–water partition coefficient (Wildman–Crippen LogP) is 4.32. The smallest absolute Gasteiger partial charge is 0.120 e. The van der Waals surface area contributed by atoms with Gasteiger partial charge in [0.1, 0.15) is 5.75 Å². The molecule has 2 nitrogen and oxygen atoms in total. The zero-order valence-corrected chi connectivity index (χ0v) is 12.4. The third-order valence-electron chi connectivity index (χ3n) is 4.52. The van der Waals surface area contributed by atoms with E-state index in [2.05, 4.69) is 25.2 Å². The summed E-state index contributed by atoms with van der Waals surface area (Å²) < 4.78 is 0. The molecule has 0 spiro atoms. The molecule has 1 aromatic carbocycles. The maximum absolute atomic E-state index is 10.0. The van der Waals surface area contributed by atoms with E-state index in [-0.39, 0.29) is 6.04 Å². The van der Waals surface area contributed by atoms with Crippen LogP contribution in [-0.4, -0.2) is 11.1 Å². The van der Waals surface area contributed by atoms with Crippen molar-refractivity contribution < 1.29 is 5.11 Å². The highest BCUT2D eigenvalue weighted by atomic mass is 16.3. The minimum atomic E-state index is 0.206. The van der Waals surface area contributed by atoms with Gasteiger partial charge in [-0.1, -0.05) is 31.4 Å². The van der Waals surface area contributed by atoms with Crippen LogP contribution in [-0.2, 0) is 0 Å². The highest BCUT2D eigenvalue weighted by molar-refractivity contribution is 5.37. The first kappa shape index (κ1) is 14.4. The van der Waals surface area contributed by atoms with Gasteiger partial charge in [0.2, 0.25) is 0 Å². The van der Waals surface area contributed by atoms with Gasteiger partial charge in [-0.3, -0.25) is 0 Å². The first-order valence-corrected chi connectivity index (χ1v) is 7.63. The lowest BCUT2D eigenvalue weighted by molar-refractivity contribution is 0.267. The van der Waals surface area contributed by atoms with E-state index in [4.69, 9.17) is 0 Å². The number of aryl methyl sites for hydroxylation is 1. The Morgan fingerprint density at radius 1 is 1.16 bits per heavy atom. The molecule has 1 fully saturated rings. The minimum absolute atomic E-state index is 0.206. The first-order valence-electron chi connectivity index (χ1n) is 7.63. The third kappa shape index (κ3) is 3.73. The third-order valence-corrected chi connectivity index (χ3v) is 4.52. The minimum Gasteiger partial charge on any atom is -0.508 e. The SMILES string of the molecule is Cc1ccc(C(C)NC(C)C2CCCCC2)c(O)c1. The van der Waals surface area contributed by atoms with Crippen LogP contribution in [0, 0.1) is 12.8 Å². The maximum atomic E-state index is 10.0. The lowest BCUT2D eigenvalue weighted by Crippen LogP contribution is -2.36. The van der Waals surface area contributed by atoms with Crippen LogP contribution in [0.5, 0.6) is 5.75 Å². The Morgan fingerprint density at radius 3 is 2.47 bits per heavy atom. The van der Waals surface area contributed by atoms with Crippen molar-refractivity contribution >= 4 is 0 Å². The van der Waals surface area contributed by atoms with Gasteiger partial charge in [-0.2, -0.15) is 0 Å². The molecule has 1 aliphatic rings. The molecule has 0 aliphatic heterocycles. The highest BCUT2D eigenvalue weighted by Gasteiger charge is 2.22. The van der Waals surface area contributed by atoms with Crippen molar-refractivity contribution in [2.45, 2.75) is 65.0 Å². The molecule has 0 bridgehead atoms. The van der Waals surface area contributed by atoms with Gasteiger partial charge in [-0.05, 0) is 51.2 Å². The van der Waals surface area contributed by atoms with Crippen LogP contribution >= 0.6 is 0 Å². The molecule has 1 saturated carbocycles. The number of hydrogen-bond donors (Lipinski definition) is 2. The van der Waals surface area contributed by atoms with Crippen LogP contribution in [0.15, 0.2) is 18.2 Å². The zero-order valence-electron chi connectivity index (χ0n) is 12.4. The molecule has 2 N–H and O–H groups in total. The monoisotopic (exact) mass is 261 g/mol. The Kier molecular flexibility index (Phi) is 4.87.